The number of thioether (sulfide) groups is 1. The Morgan fingerprint density at radius 2 is 1.72 bits per heavy atom. The SMILES string of the molecule is CCCSc1nc(Sc2ccc(C)cc2)c2nc(Nc3cccc4ccccc34)sc2n1. The van der Waals surface area contributed by atoms with Gasteiger partial charge in [-0.25, -0.2) is 15.0 Å². The largest absolute Gasteiger partial charge is 0.331 e. The molecule has 0 atom stereocenters. The van der Waals surface area contributed by atoms with Crippen molar-refractivity contribution >= 4 is 66.8 Å². The third-order valence-electron chi connectivity index (χ3n) is 4.91. The number of thiazole rings is 1. The Morgan fingerprint density at radius 3 is 2.56 bits per heavy atom. The van der Waals surface area contributed by atoms with E-state index in [1.54, 1.807) is 34.9 Å². The van der Waals surface area contributed by atoms with Gasteiger partial charge in [-0.05, 0) is 36.9 Å². The molecule has 0 aliphatic carbocycles. The van der Waals surface area contributed by atoms with Crippen LogP contribution in [0.4, 0.5) is 10.8 Å². The maximum atomic E-state index is 4.90. The topological polar surface area (TPSA) is 50.7 Å². The van der Waals surface area contributed by atoms with Crippen molar-refractivity contribution in [1.29, 1.82) is 0 Å². The van der Waals surface area contributed by atoms with Crippen LogP contribution in [-0.4, -0.2) is 20.7 Å². The van der Waals surface area contributed by atoms with E-state index in [-0.39, 0.29) is 0 Å². The number of aromatic nitrogens is 3. The number of nitrogens with one attached hydrogen (secondary N) is 1. The first-order valence-corrected chi connectivity index (χ1v) is 13.1. The Balaban J connectivity index is 1.54. The number of anilines is 2. The van der Waals surface area contributed by atoms with Crippen LogP contribution in [0.15, 0.2) is 81.8 Å². The number of rotatable bonds is 7. The fourth-order valence-corrected chi connectivity index (χ4v) is 5.93. The van der Waals surface area contributed by atoms with Gasteiger partial charge in [0.25, 0.3) is 0 Å². The monoisotopic (exact) mass is 474 g/mol. The van der Waals surface area contributed by atoms with Crippen LogP contribution >= 0.6 is 34.9 Å². The van der Waals surface area contributed by atoms with E-state index in [1.165, 1.54) is 16.3 Å². The van der Waals surface area contributed by atoms with Crippen molar-refractivity contribution in [2.24, 2.45) is 0 Å². The average Bonchev–Trinajstić information content (AvgIpc) is 3.22. The predicted molar refractivity (Wildman–Crippen MR) is 139 cm³/mol. The van der Waals surface area contributed by atoms with Crippen molar-refractivity contribution < 1.29 is 0 Å². The molecule has 32 heavy (non-hydrogen) atoms. The highest BCUT2D eigenvalue weighted by atomic mass is 32.2. The van der Waals surface area contributed by atoms with Gasteiger partial charge in [0.15, 0.2) is 15.1 Å². The standard InChI is InChI=1S/C25H22N4S3/c1-3-15-30-24-28-22(31-18-13-11-16(2)12-14-18)21-23(29-24)32-25(27-21)26-20-10-6-8-17-7-4-5-9-19(17)20/h4-14H,3,15H2,1-2H3,(H,26,27). The summed E-state index contributed by atoms with van der Waals surface area (Å²) in [7, 11) is 0. The van der Waals surface area contributed by atoms with Crippen LogP contribution in [0.5, 0.6) is 0 Å². The molecule has 0 aliphatic rings. The fourth-order valence-electron chi connectivity index (χ4n) is 3.33. The predicted octanol–water partition coefficient (Wildman–Crippen LogP) is 7.94. The maximum absolute atomic E-state index is 4.90. The molecule has 3 aromatic carbocycles. The first-order valence-electron chi connectivity index (χ1n) is 10.5. The third kappa shape index (κ3) is 4.60. The van der Waals surface area contributed by atoms with Crippen molar-refractivity contribution in [2.75, 3.05) is 11.1 Å². The molecular weight excluding hydrogens is 453 g/mol. The number of hydrogen-bond donors (Lipinski definition) is 1. The van der Waals surface area contributed by atoms with Crippen molar-refractivity contribution in [1.82, 2.24) is 15.0 Å². The van der Waals surface area contributed by atoms with Crippen LogP contribution in [0, 0.1) is 6.92 Å². The summed E-state index contributed by atoms with van der Waals surface area (Å²) in [5.74, 6) is 1.00. The molecule has 7 heteroatoms. The van der Waals surface area contributed by atoms with Crippen LogP contribution in [-0.2, 0) is 0 Å². The third-order valence-corrected chi connectivity index (χ3v) is 7.81. The van der Waals surface area contributed by atoms with Gasteiger partial charge in [0, 0.05) is 21.7 Å². The molecule has 0 aliphatic heterocycles. The summed E-state index contributed by atoms with van der Waals surface area (Å²) in [5.41, 5.74) is 3.14. The van der Waals surface area contributed by atoms with Crippen molar-refractivity contribution in [2.45, 2.75) is 35.3 Å². The summed E-state index contributed by atoms with van der Waals surface area (Å²) < 4.78 is 0. The van der Waals surface area contributed by atoms with E-state index in [1.807, 2.05) is 0 Å². The minimum absolute atomic E-state index is 0.814. The number of hydrogen-bond acceptors (Lipinski definition) is 7. The molecule has 1 N–H and O–H groups in total. The van der Waals surface area contributed by atoms with Crippen molar-refractivity contribution in [3.05, 3.63) is 72.3 Å². The molecule has 0 unspecified atom stereocenters. The lowest BCUT2D eigenvalue weighted by molar-refractivity contribution is 0.926. The Hall–Kier alpha value is -2.61. The zero-order valence-corrected chi connectivity index (χ0v) is 20.3. The smallest absolute Gasteiger partial charge is 0.190 e. The second-order valence-electron chi connectivity index (χ2n) is 7.40. The number of benzene rings is 3. The molecule has 5 rings (SSSR count). The van der Waals surface area contributed by atoms with Gasteiger partial charge in [0.2, 0.25) is 0 Å². The van der Waals surface area contributed by atoms with E-state index in [0.29, 0.717) is 0 Å². The van der Waals surface area contributed by atoms with E-state index >= 15 is 0 Å². The highest BCUT2D eigenvalue weighted by Gasteiger charge is 2.16. The van der Waals surface area contributed by atoms with Gasteiger partial charge in [-0.15, -0.1) is 0 Å². The highest BCUT2D eigenvalue weighted by molar-refractivity contribution is 8.00. The second kappa shape index (κ2) is 9.48. The molecule has 0 spiro atoms. The Bertz CT molecular complexity index is 1370. The maximum Gasteiger partial charge on any atom is 0.190 e. The van der Waals surface area contributed by atoms with Crippen LogP contribution in [0.2, 0.25) is 0 Å². The molecular formula is C25H22N4S3. The summed E-state index contributed by atoms with van der Waals surface area (Å²) in [6.07, 6.45) is 1.09. The fraction of sp³-hybridized carbons (Fsp3) is 0.160. The minimum atomic E-state index is 0.814. The van der Waals surface area contributed by atoms with Crippen molar-refractivity contribution in [3.8, 4) is 0 Å². The summed E-state index contributed by atoms with van der Waals surface area (Å²) in [6.45, 7) is 4.27. The Labute approximate surface area is 199 Å². The zero-order valence-electron chi connectivity index (χ0n) is 17.8. The molecule has 0 bridgehead atoms. The molecule has 0 amide bonds. The van der Waals surface area contributed by atoms with E-state index < -0.39 is 0 Å². The van der Waals surface area contributed by atoms with Gasteiger partial charge in [-0.2, -0.15) is 0 Å². The first kappa shape index (κ1) is 21.2. The van der Waals surface area contributed by atoms with E-state index in [9.17, 15) is 0 Å². The minimum Gasteiger partial charge on any atom is -0.331 e. The molecule has 0 fully saturated rings. The van der Waals surface area contributed by atoms with E-state index in [2.05, 4.69) is 85.9 Å². The molecule has 2 aromatic heterocycles. The summed E-state index contributed by atoms with van der Waals surface area (Å²) >= 11 is 4.92. The summed E-state index contributed by atoms with van der Waals surface area (Å²) in [4.78, 5) is 16.6. The van der Waals surface area contributed by atoms with Crippen LogP contribution in [0.1, 0.15) is 18.9 Å². The molecule has 5 aromatic rings. The lowest BCUT2D eigenvalue weighted by atomic mass is 10.1. The molecule has 0 saturated heterocycles. The second-order valence-corrected chi connectivity index (χ2v) is 10.5. The van der Waals surface area contributed by atoms with Crippen LogP contribution in [0.25, 0.3) is 21.1 Å². The molecule has 4 nitrogen and oxygen atoms in total. The van der Waals surface area contributed by atoms with E-state index in [0.717, 1.165) is 48.4 Å². The summed E-state index contributed by atoms with van der Waals surface area (Å²) in [5, 5.41) is 8.44. The van der Waals surface area contributed by atoms with Crippen LogP contribution < -0.4 is 5.32 Å². The molecule has 2 heterocycles. The Kier molecular flexibility index (Phi) is 6.30. The summed E-state index contributed by atoms with van der Waals surface area (Å²) in [6, 6.07) is 23.2. The molecule has 0 saturated carbocycles. The lowest BCUT2D eigenvalue weighted by Gasteiger charge is -2.06. The number of fused-ring (bicyclic) bond motifs is 2. The van der Waals surface area contributed by atoms with E-state index in [4.69, 9.17) is 15.0 Å². The Morgan fingerprint density at radius 1 is 0.906 bits per heavy atom. The van der Waals surface area contributed by atoms with Gasteiger partial charge >= 0.3 is 0 Å². The highest BCUT2D eigenvalue weighted by Crippen LogP contribution is 2.37. The molecule has 160 valence electrons. The van der Waals surface area contributed by atoms with Gasteiger partial charge < -0.3 is 5.32 Å². The van der Waals surface area contributed by atoms with Gasteiger partial charge in [0.1, 0.15) is 10.5 Å². The van der Waals surface area contributed by atoms with Gasteiger partial charge in [0.05, 0.1) is 0 Å². The lowest BCUT2D eigenvalue weighted by Crippen LogP contribution is -1.93. The zero-order chi connectivity index (χ0) is 21.9. The van der Waals surface area contributed by atoms with Crippen molar-refractivity contribution in [3.63, 3.8) is 0 Å². The quantitative estimate of drug-likeness (QED) is 0.147. The average molecular weight is 475 g/mol. The normalized spacial score (nSPS) is 11.3. The number of nitrogens with zero attached hydrogens (tertiary/aromatic N) is 3. The number of aryl methyl sites for hydroxylation is 1. The van der Waals surface area contributed by atoms with Gasteiger partial charge in [-0.1, -0.05) is 95.9 Å². The molecule has 0 radical (unpaired) electrons. The van der Waals surface area contributed by atoms with Gasteiger partial charge in [-0.3, -0.25) is 0 Å². The first-order chi connectivity index (χ1) is 15.7. The van der Waals surface area contributed by atoms with Crippen LogP contribution in [0.3, 0.4) is 0 Å².